The Balaban J connectivity index is 1.04. The van der Waals surface area contributed by atoms with Crippen LogP contribution >= 0.6 is 0 Å². The Morgan fingerprint density at radius 2 is 0.980 bits per heavy atom. The predicted octanol–water partition coefficient (Wildman–Crippen LogP) is 12.4. The second kappa shape index (κ2) is 10.3. The number of pyridine rings is 3. The minimum atomic E-state index is -0.0528. The molecule has 0 bridgehead atoms. The quantitative estimate of drug-likeness (QED) is 0.175. The van der Waals surface area contributed by atoms with Crippen molar-refractivity contribution in [2.75, 3.05) is 0 Å². The first-order chi connectivity index (χ1) is 25.0. The van der Waals surface area contributed by atoms with Gasteiger partial charge < -0.3 is 0 Å². The standard InChI is InChI=1S/C48H31N3/c1-48(2)42-16-8-7-14-35(42)41-25-39-33-13-6-5-12-32(33)38-24-28(17-19-34(38)40(39)26-43(41)48)29-18-21-44(50-27-29)45-22-20-37-31-11-4-3-10-30(31)36-15-9-23-49-46(36)47(37)51-45/h3-27H,1-2H3. The first-order valence-electron chi connectivity index (χ1n) is 17.6. The van der Waals surface area contributed by atoms with E-state index in [-0.39, 0.29) is 5.41 Å². The zero-order valence-electron chi connectivity index (χ0n) is 28.3. The van der Waals surface area contributed by atoms with Crippen molar-refractivity contribution in [3.63, 3.8) is 0 Å². The molecule has 0 N–H and O–H groups in total. The minimum Gasteiger partial charge on any atom is -0.254 e. The summed E-state index contributed by atoms with van der Waals surface area (Å²) in [6, 6.07) is 50.7. The Hall–Kier alpha value is -6.45. The normalized spacial score (nSPS) is 13.5. The summed E-state index contributed by atoms with van der Waals surface area (Å²) in [6.45, 7) is 4.71. The van der Waals surface area contributed by atoms with Gasteiger partial charge in [0.25, 0.3) is 0 Å². The molecule has 0 fully saturated rings. The van der Waals surface area contributed by atoms with Crippen molar-refractivity contribution in [3.05, 3.63) is 163 Å². The molecule has 3 nitrogen and oxygen atoms in total. The molecule has 11 rings (SSSR count). The second-order valence-corrected chi connectivity index (χ2v) is 14.4. The predicted molar refractivity (Wildman–Crippen MR) is 213 cm³/mol. The third-order valence-corrected chi connectivity index (χ3v) is 11.3. The van der Waals surface area contributed by atoms with Crippen molar-refractivity contribution in [1.29, 1.82) is 0 Å². The van der Waals surface area contributed by atoms with Crippen LogP contribution in [0.4, 0.5) is 0 Å². The van der Waals surface area contributed by atoms with Crippen molar-refractivity contribution in [2.45, 2.75) is 19.3 Å². The molecule has 0 saturated heterocycles. The first-order valence-corrected chi connectivity index (χ1v) is 17.6. The summed E-state index contributed by atoms with van der Waals surface area (Å²) in [6.07, 6.45) is 3.83. The average Bonchev–Trinajstić information content (AvgIpc) is 3.42. The highest BCUT2D eigenvalue weighted by molar-refractivity contribution is 6.27. The van der Waals surface area contributed by atoms with Crippen LogP contribution in [-0.4, -0.2) is 15.0 Å². The molecule has 1 aliphatic carbocycles. The van der Waals surface area contributed by atoms with Gasteiger partial charge in [-0.15, -0.1) is 0 Å². The molecule has 51 heavy (non-hydrogen) atoms. The topological polar surface area (TPSA) is 38.7 Å². The van der Waals surface area contributed by atoms with E-state index in [4.69, 9.17) is 15.0 Å². The van der Waals surface area contributed by atoms with Crippen molar-refractivity contribution in [3.8, 4) is 33.6 Å². The minimum absolute atomic E-state index is 0.0528. The third-order valence-electron chi connectivity index (χ3n) is 11.3. The van der Waals surface area contributed by atoms with E-state index in [9.17, 15) is 0 Å². The summed E-state index contributed by atoms with van der Waals surface area (Å²) < 4.78 is 0. The van der Waals surface area contributed by atoms with Gasteiger partial charge in [0, 0.05) is 34.1 Å². The van der Waals surface area contributed by atoms with E-state index < -0.39 is 0 Å². The molecule has 7 aromatic carbocycles. The molecular formula is C48H31N3. The van der Waals surface area contributed by atoms with Crippen LogP contribution in [0.15, 0.2) is 152 Å². The Kier molecular flexibility index (Phi) is 5.73. The number of nitrogens with zero attached hydrogens (tertiary/aromatic N) is 3. The highest BCUT2D eigenvalue weighted by atomic mass is 14.8. The Morgan fingerprint density at radius 3 is 1.75 bits per heavy atom. The molecule has 3 heterocycles. The van der Waals surface area contributed by atoms with E-state index in [0.29, 0.717) is 0 Å². The highest BCUT2D eigenvalue weighted by Crippen LogP contribution is 2.51. The van der Waals surface area contributed by atoms with E-state index in [1.807, 2.05) is 18.5 Å². The van der Waals surface area contributed by atoms with E-state index in [1.165, 1.54) is 65.3 Å². The maximum atomic E-state index is 5.15. The first kappa shape index (κ1) is 28.4. The van der Waals surface area contributed by atoms with Gasteiger partial charge in [0.05, 0.1) is 22.4 Å². The largest absolute Gasteiger partial charge is 0.254 e. The summed E-state index contributed by atoms with van der Waals surface area (Å²) in [4.78, 5) is 14.9. The molecule has 0 amide bonds. The van der Waals surface area contributed by atoms with Gasteiger partial charge in [-0.2, -0.15) is 0 Å². The van der Waals surface area contributed by atoms with Gasteiger partial charge in [0.15, 0.2) is 0 Å². The Bertz CT molecular complexity index is 3070. The van der Waals surface area contributed by atoms with Gasteiger partial charge >= 0.3 is 0 Å². The van der Waals surface area contributed by atoms with Crippen LogP contribution in [0.5, 0.6) is 0 Å². The molecule has 0 aliphatic heterocycles. The molecule has 3 heteroatoms. The van der Waals surface area contributed by atoms with Crippen LogP contribution in [0.3, 0.4) is 0 Å². The summed E-state index contributed by atoms with van der Waals surface area (Å²) in [5.74, 6) is 0. The zero-order valence-corrected chi connectivity index (χ0v) is 28.3. The van der Waals surface area contributed by atoms with Crippen LogP contribution < -0.4 is 0 Å². The van der Waals surface area contributed by atoms with Crippen molar-refractivity contribution in [2.24, 2.45) is 0 Å². The lowest BCUT2D eigenvalue weighted by Crippen LogP contribution is -2.14. The lowest BCUT2D eigenvalue weighted by atomic mass is 9.81. The molecule has 0 saturated carbocycles. The molecule has 1 aliphatic rings. The molecule has 0 atom stereocenters. The van der Waals surface area contributed by atoms with E-state index >= 15 is 0 Å². The summed E-state index contributed by atoms with van der Waals surface area (Å²) in [7, 11) is 0. The van der Waals surface area contributed by atoms with E-state index in [0.717, 1.165) is 44.3 Å². The summed E-state index contributed by atoms with van der Waals surface area (Å²) >= 11 is 0. The molecule has 238 valence electrons. The van der Waals surface area contributed by atoms with Gasteiger partial charge in [0.2, 0.25) is 0 Å². The maximum absolute atomic E-state index is 5.15. The number of hydrogen-bond acceptors (Lipinski definition) is 3. The highest BCUT2D eigenvalue weighted by Gasteiger charge is 2.35. The maximum Gasteiger partial charge on any atom is 0.0979 e. The Labute approximate surface area is 294 Å². The van der Waals surface area contributed by atoms with Gasteiger partial charge in [-0.3, -0.25) is 9.97 Å². The monoisotopic (exact) mass is 649 g/mol. The molecule has 0 spiro atoms. The molecule has 3 aromatic heterocycles. The summed E-state index contributed by atoms with van der Waals surface area (Å²) in [5, 5.41) is 12.3. The fourth-order valence-electron chi connectivity index (χ4n) is 8.81. The number of rotatable bonds is 2. The van der Waals surface area contributed by atoms with Crippen molar-refractivity contribution < 1.29 is 0 Å². The molecule has 10 aromatic rings. The number of hydrogen-bond donors (Lipinski definition) is 0. The van der Waals surface area contributed by atoms with Gasteiger partial charge in [-0.1, -0.05) is 111 Å². The van der Waals surface area contributed by atoms with Gasteiger partial charge in [0.1, 0.15) is 0 Å². The molecule has 0 radical (unpaired) electrons. The third kappa shape index (κ3) is 3.97. The van der Waals surface area contributed by atoms with E-state index in [1.54, 1.807) is 0 Å². The van der Waals surface area contributed by atoms with Crippen molar-refractivity contribution >= 4 is 64.9 Å². The van der Waals surface area contributed by atoms with E-state index in [2.05, 4.69) is 147 Å². The lowest BCUT2D eigenvalue weighted by molar-refractivity contribution is 0.661. The fourth-order valence-corrected chi connectivity index (χ4v) is 8.81. The number of benzene rings is 7. The van der Waals surface area contributed by atoms with Crippen LogP contribution in [0.1, 0.15) is 25.0 Å². The SMILES string of the molecule is CC1(C)c2ccccc2-c2cc3c4ccccc4c4cc(-c5ccc(-c6ccc7c8ccccc8c8cccnc8c7n6)nc5)ccc4c3cc21. The van der Waals surface area contributed by atoms with Crippen LogP contribution in [0.25, 0.3) is 98.5 Å². The van der Waals surface area contributed by atoms with Gasteiger partial charge in [-0.05, 0) is 113 Å². The Morgan fingerprint density at radius 1 is 0.392 bits per heavy atom. The van der Waals surface area contributed by atoms with Crippen LogP contribution in [-0.2, 0) is 5.41 Å². The lowest BCUT2D eigenvalue weighted by Gasteiger charge is -2.22. The fraction of sp³-hybridized carbons (Fsp3) is 0.0625. The molecular weight excluding hydrogens is 619 g/mol. The van der Waals surface area contributed by atoms with Gasteiger partial charge in [-0.25, -0.2) is 4.98 Å². The smallest absolute Gasteiger partial charge is 0.0979 e. The van der Waals surface area contributed by atoms with Crippen LogP contribution in [0, 0.1) is 0 Å². The number of fused-ring (bicyclic) bond motifs is 15. The van der Waals surface area contributed by atoms with Crippen molar-refractivity contribution in [1.82, 2.24) is 15.0 Å². The molecule has 0 unspecified atom stereocenters. The van der Waals surface area contributed by atoms with Crippen LogP contribution in [0.2, 0.25) is 0 Å². The summed E-state index contributed by atoms with van der Waals surface area (Å²) in [5.41, 5.74) is 11.2. The second-order valence-electron chi connectivity index (χ2n) is 14.4. The zero-order chi connectivity index (χ0) is 33.8. The number of aromatic nitrogens is 3. The average molecular weight is 650 g/mol.